The van der Waals surface area contributed by atoms with E-state index in [-0.39, 0.29) is 0 Å². The predicted octanol–water partition coefficient (Wildman–Crippen LogP) is 1.10. The molecule has 1 aliphatic carbocycles. The summed E-state index contributed by atoms with van der Waals surface area (Å²) >= 11 is 0. The van der Waals surface area contributed by atoms with Gasteiger partial charge in [0, 0.05) is 25.7 Å². The monoisotopic (exact) mass is 212 g/mol. The summed E-state index contributed by atoms with van der Waals surface area (Å²) in [5, 5.41) is 3.41. The highest BCUT2D eigenvalue weighted by atomic mass is 16.5. The van der Waals surface area contributed by atoms with Crippen LogP contribution in [0.3, 0.4) is 0 Å². The average Bonchev–Trinajstić information content (AvgIpc) is 3.10. The second kappa shape index (κ2) is 5.28. The van der Waals surface area contributed by atoms with Crippen LogP contribution < -0.4 is 5.32 Å². The Morgan fingerprint density at radius 2 is 2.20 bits per heavy atom. The average molecular weight is 212 g/mol. The quantitative estimate of drug-likeness (QED) is 0.738. The zero-order valence-corrected chi connectivity index (χ0v) is 10.0. The molecule has 0 spiro atoms. The molecule has 2 unspecified atom stereocenters. The van der Waals surface area contributed by atoms with Gasteiger partial charge in [-0.25, -0.2) is 0 Å². The lowest BCUT2D eigenvalue weighted by Gasteiger charge is -2.38. The van der Waals surface area contributed by atoms with Crippen molar-refractivity contribution < 1.29 is 4.74 Å². The molecule has 1 aliphatic heterocycles. The standard InChI is InChI=1S/C12H24N2O/c1-13-11-4-3-7-14(8-11)12(9-15-2)10-5-6-10/h10-13H,3-9H2,1-2H3. The molecule has 15 heavy (non-hydrogen) atoms. The molecule has 1 N–H and O–H groups in total. The molecule has 2 fully saturated rings. The van der Waals surface area contributed by atoms with Crippen molar-refractivity contribution in [3.8, 4) is 0 Å². The Morgan fingerprint density at radius 1 is 1.40 bits per heavy atom. The number of methoxy groups -OCH3 is 1. The molecular formula is C12H24N2O. The molecule has 0 amide bonds. The molecule has 0 aromatic heterocycles. The van der Waals surface area contributed by atoms with Crippen molar-refractivity contribution in [1.82, 2.24) is 10.2 Å². The lowest BCUT2D eigenvalue weighted by Crippen LogP contribution is -2.50. The lowest BCUT2D eigenvalue weighted by atomic mass is 10.0. The van der Waals surface area contributed by atoms with Gasteiger partial charge in [-0.3, -0.25) is 4.90 Å². The number of piperidine rings is 1. The zero-order valence-electron chi connectivity index (χ0n) is 10.0. The Balaban J connectivity index is 1.88. The van der Waals surface area contributed by atoms with E-state index in [1.165, 1.54) is 38.8 Å². The van der Waals surface area contributed by atoms with E-state index < -0.39 is 0 Å². The van der Waals surface area contributed by atoms with Crippen LogP contribution in [0.25, 0.3) is 0 Å². The minimum atomic E-state index is 0.686. The molecule has 2 atom stereocenters. The highest BCUT2D eigenvalue weighted by molar-refractivity contribution is 4.91. The smallest absolute Gasteiger partial charge is 0.0620 e. The third-order valence-corrected chi connectivity index (χ3v) is 3.83. The van der Waals surface area contributed by atoms with Crippen LogP contribution in [0.15, 0.2) is 0 Å². The van der Waals surface area contributed by atoms with Gasteiger partial charge in [0.2, 0.25) is 0 Å². The Bertz CT molecular complexity index is 194. The van der Waals surface area contributed by atoms with Gasteiger partial charge in [-0.2, -0.15) is 0 Å². The summed E-state index contributed by atoms with van der Waals surface area (Å²) in [4.78, 5) is 2.64. The SMILES string of the molecule is CNC1CCCN(C(COC)C2CC2)C1. The van der Waals surface area contributed by atoms with Crippen molar-refractivity contribution in [3.05, 3.63) is 0 Å². The number of hydrogen-bond donors (Lipinski definition) is 1. The lowest BCUT2D eigenvalue weighted by molar-refractivity contribution is 0.0564. The molecule has 1 saturated heterocycles. The molecular weight excluding hydrogens is 188 g/mol. The maximum atomic E-state index is 5.37. The Labute approximate surface area is 93.2 Å². The number of likely N-dealkylation sites (N-methyl/N-ethyl adjacent to an activating group) is 1. The van der Waals surface area contributed by atoms with Crippen LogP contribution in [0, 0.1) is 5.92 Å². The second-order valence-electron chi connectivity index (χ2n) is 4.98. The Kier molecular flexibility index (Phi) is 4.00. The Morgan fingerprint density at radius 3 is 2.80 bits per heavy atom. The fourth-order valence-corrected chi connectivity index (χ4v) is 2.73. The molecule has 0 bridgehead atoms. The molecule has 2 aliphatic rings. The van der Waals surface area contributed by atoms with Gasteiger partial charge in [0.05, 0.1) is 6.61 Å². The van der Waals surface area contributed by atoms with E-state index in [2.05, 4.69) is 17.3 Å². The van der Waals surface area contributed by atoms with E-state index in [0.717, 1.165) is 12.5 Å². The third-order valence-electron chi connectivity index (χ3n) is 3.83. The summed E-state index contributed by atoms with van der Waals surface area (Å²) in [5.41, 5.74) is 0. The van der Waals surface area contributed by atoms with Crippen molar-refractivity contribution in [2.75, 3.05) is 33.9 Å². The van der Waals surface area contributed by atoms with Crippen LogP contribution in [0.1, 0.15) is 25.7 Å². The number of hydrogen-bond acceptors (Lipinski definition) is 3. The van der Waals surface area contributed by atoms with Crippen LogP contribution in [0.2, 0.25) is 0 Å². The first-order chi connectivity index (χ1) is 7.35. The summed E-state index contributed by atoms with van der Waals surface area (Å²) < 4.78 is 5.37. The normalized spacial score (nSPS) is 30.4. The van der Waals surface area contributed by atoms with Crippen molar-refractivity contribution in [2.24, 2.45) is 5.92 Å². The number of nitrogens with one attached hydrogen (secondary N) is 1. The Hall–Kier alpha value is -0.120. The summed E-state index contributed by atoms with van der Waals surface area (Å²) in [6.07, 6.45) is 5.49. The summed E-state index contributed by atoms with van der Waals surface area (Å²) in [7, 11) is 3.91. The van der Waals surface area contributed by atoms with Crippen LogP contribution in [-0.4, -0.2) is 50.8 Å². The summed E-state index contributed by atoms with van der Waals surface area (Å²) in [5.74, 6) is 0.917. The van der Waals surface area contributed by atoms with Crippen LogP contribution in [0.4, 0.5) is 0 Å². The largest absolute Gasteiger partial charge is 0.383 e. The van der Waals surface area contributed by atoms with Crippen molar-refractivity contribution in [3.63, 3.8) is 0 Å². The van der Waals surface area contributed by atoms with Gasteiger partial charge >= 0.3 is 0 Å². The second-order valence-corrected chi connectivity index (χ2v) is 4.98. The first-order valence-electron chi connectivity index (χ1n) is 6.25. The molecule has 3 nitrogen and oxygen atoms in total. The third kappa shape index (κ3) is 2.92. The van der Waals surface area contributed by atoms with E-state index >= 15 is 0 Å². The zero-order chi connectivity index (χ0) is 10.7. The summed E-state index contributed by atoms with van der Waals surface area (Å²) in [6, 6.07) is 1.38. The van der Waals surface area contributed by atoms with Gasteiger partial charge in [-0.1, -0.05) is 0 Å². The highest BCUT2D eigenvalue weighted by Gasteiger charge is 2.36. The number of ether oxygens (including phenoxy) is 1. The van der Waals surface area contributed by atoms with Crippen molar-refractivity contribution >= 4 is 0 Å². The topological polar surface area (TPSA) is 24.5 Å². The molecule has 88 valence electrons. The summed E-state index contributed by atoms with van der Waals surface area (Å²) in [6.45, 7) is 3.39. The van der Waals surface area contributed by atoms with E-state index in [4.69, 9.17) is 4.74 Å². The van der Waals surface area contributed by atoms with Gasteiger partial charge in [0.15, 0.2) is 0 Å². The minimum Gasteiger partial charge on any atom is -0.383 e. The maximum Gasteiger partial charge on any atom is 0.0620 e. The van der Waals surface area contributed by atoms with Gasteiger partial charge in [-0.15, -0.1) is 0 Å². The van der Waals surface area contributed by atoms with E-state index in [0.29, 0.717) is 12.1 Å². The maximum absolute atomic E-state index is 5.37. The predicted molar refractivity (Wildman–Crippen MR) is 62.0 cm³/mol. The first kappa shape index (κ1) is 11.4. The van der Waals surface area contributed by atoms with Gasteiger partial charge in [0.1, 0.15) is 0 Å². The van der Waals surface area contributed by atoms with Crippen LogP contribution in [0.5, 0.6) is 0 Å². The molecule has 1 saturated carbocycles. The molecule has 3 heteroatoms. The number of rotatable bonds is 5. The van der Waals surface area contributed by atoms with Gasteiger partial charge in [0.25, 0.3) is 0 Å². The van der Waals surface area contributed by atoms with E-state index in [1.807, 2.05) is 7.11 Å². The van der Waals surface area contributed by atoms with Crippen molar-refractivity contribution in [1.29, 1.82) is 0 Å². The van der Waals surface area contributed by atoms with E-state index in [1.54, 1.807) is 0 Å². The number of likely N-dealkylation sites (tertiary alicyclic amines) is 1. The molecule has 0 aromatic carbocycles. The molecule has 2 rings (SSSR count). The van der Waals surface area contributed by atoms with E-state index in [9.17, 15) is 0 Å². The van der Waals surface area contributed by atoms with Gasteiger partial charge < -0.3 is 10.1 Å². The van der Waals surface area contributed by atoms with Crippen molar-refractivity contribution in [2.45, 2.75) is 37.8 Å². The van der Waals surface area contributed by atoms with Gasteiger partial charge in [-0.05, 0) is 45.2 Å². The van der Waals surface area contributed by atoms with Crippen LogP contribution >= 0.6 is 0 Å². The number of nitrogens with zero attached hydrogens (tertiary/aromatic N) is 1. The minimum absolute atomic E-state index is 0.686. The first-order valence-corrected chi connectivity index (χ1v) is 6.25. The molecule has 1 heterocycles. The molecule has 0 radical (unpaired) electrons. The fraction of sp³-hybridized carbons (Fsp3) is 1.00. The van der Waals surface area contributed by atoms with Crippen LogP contribution in [-0.2, 0) is 4.74 Å². The fourth-order valence-electron chi connectivity index (χ4n) is 2.73. The molecule has 0 aromatic rings. The highest BCUT2D eigenvalue weighted by Crippen LogP contribution is 2.36.